The Bertz CT molecular complexity index is 683. The van der Waals surface area contributed by atoms with Crippen LogP contribution in [-0.2, 0) is 10.0 Å². The molecule has 0 radical (unpaired) electrons. The molecule has 108 valence electrons. The van der Waals surface area contributed by atoms with E-state index in [-0.39, 0.29) is 12.4 Å². The molecule has 0 aliphatic carbocycles. The molecule has 3 N–H and O–H groups in total. The van der Waals surface area contributed by atoms with Crippen molar-refractivity contribution in [2.45, 2.75) is 6.92 Å². The van der Waals surface area contributed by atoms with Crippen LogP contribution in [0.25, 0.3) is 0 Å². The van der Waals surface area contributed by atoms with Crippen molar-refractivity contribution in [2.75, 3.05) is 22.8 Å². The van der Waals surface area contributed by atoms with Crippen LogP contribution in [-0.4, -0.2) is 25.8 Å². The lowest BCUT2D eigenvalue weighted by atomic mass is 10.3. The summed E-state index contributed by atoms with van der Waals surface area (Å²) in [5.41, 5.74) is 6.17. The molecule has 2 rings (SSSR count). The number of ether oxygens (including phenoxy) is 1. The Morgan fingerprint density at radius 1 is 1.45 bits per heavy atom. The van der Waals surface area contributed by atoms with Crippen molar-refractivity contribution in [1.82, 2.24) is 4.98 Å². The number of hydrogen-bond acceptors (Lipinski definition) is 6. The van der Waals surface area contributed by atoms with Crippen LogP contribution in [0.4, 0.5) is 10.8 Å². The summed E-state index contributed by atoms with van der Waals surface area (Å²) in [5.74, 6) is 0.394. The lowest BCUT2D eigenvalue weighted by molar-refractivity contribution is 0.341. The molecule has 0 fully saturated rings. The highest BCUT2D eigenvalue weighted by Gasteiger charge is 2.12. The Balaban J connectivity index is 1.86. The van der Waals surface area contributed by atoms with Gasteiger partial charge in [0.2, 0.25) is 10.0 Å². The predicted octanol–water partition coefficient (Wildman–Crippen LogP) is 1.85. The molecule has 0 amide bonds. The van der Waals surface area contributed by atoms with Gasteiger partial charge in [-0.25, -0.2) is 13.4 Å². The van der Waals surface area contributed by atoms with Gasteiger partial charge >= 0.3 is 0 Å². The summed E-state index contributed by atoms with van der Waals surface area (Å²) >= 11 is 1.29. The van der Waals surface area contributed by atoms with Crippen LogP contribution >= 0.6 is 11.3 Å². The van der Waals surface area contributed by atoms with Crippen LogP contribution in [0.3, 0.4) is 0 Å². The first-order valence-electron chi connectivity index (χ1n) is 5.86. The van der Waals surface area contributed by atoms with Crippen LogP contribution in [0.5, 0.6) is 5.75 Å². The summed E-state index contributed by atoms with van der Waals surface area (Å²) in [4.78, 5) is 4.89. The largest absolute Gasteiger partial charge is 0.492 e. The van der Waals surface area contributed by atoms with Crippen molar-refractivity contribution in [3.63, 3.8) is 0 Å². The van der Waals surface area contributed by atoms with Crippen molar-refractivity contribution in [3.05, 3.63) is 35.3 Å². The molecule has 0 saturated heterocycles. The van der Waals surface area contributed by atoms with Crippen molar-refractivity contribution >= 4 is 32.2 Å². The van der Waals surface area contributed by atoms with Crippen LogP contribution in [0.15, 0.2) is 30.5 Å². The van der Waals surface area contributed by atoms with E-state index in [4.69, 9.17) is 10.5 Å². The van der Waals surface area contributed by atoms with Crippen LogP contribution in [0, 0.1) is 6.92 Å². The smallest absolute Gasteiger partial charge is 0.237 e. The topological polar surface area (TPSA) is 94.3 Å². The Hall–Kier alpha value is -1.80. The molecule has 0 unspecified atom stereocenters. The van der Waals surface area contributed by atoms with Gasteiger partial charge in [0.25, 0.3) is 0 Å². The molecule has 0 aliphatic heterocycles. The maximum Gasteiger partial charge on any atom is 0.237 e. The predicted molar refractivity (Wildman–Crippen MR) is 80.6 cm³/mol. The number of nitrogen functional groups attached to an aromatic ring is 1. The number of sulfonamides is 1. The summed E-state index contributed by atoms with van der Waals surface area (Å²) < 4.78 is 31.4. The SMILES string of the molecule is Cc1cnc(NS(=O)(=O)CCOc2cccc(N)c2)s1. The van der Waals surface area contributed by atoms with Gasteiger partial charge in [0.1, 0.15) is 18.1 Å². The first-order chi connectivity index (χ1) is 9.44. The van der Waals surface area contributed by atoms with Gasteiger partial charge in [-0.2, -0.15) is 0 Å². The van der Waals surface area contributed by atoms with E-state index in [1.54, 1.807) is 30.5 Å². The van der Waals surface area contributed by atoms with E-state index in [9.17, 15) is 8.42 Å². The molecule has 0 aliphatic rings. The molecule has 6 nitrogen and oxygen atoms in total. The number of benzene rings is 1. The number of aromatic nitrogens is 1. The Labute approximate surface area is 121 Å². The van der Waals surface area contributed by atoms with E-state index >= 15 is 0 Å². The van der Waals surface area contributed by atoms with Crippen molar-refractivity contribution < 1.29 is 13.2 Å². The zero-order valence-corrected chi connectivity index (χ0v) is 12.5. The van der Waals surface area contributed by atoms with E-state index in [1.165, 1.54) is 11.3 Å². The van der Waals surface area contributed by atoms with E-state index < -0.39 is 10.0 Å². The quantitative estimate of drug-likeness (QED) is 0.794. The maximum atomic E-state index is 11.8. The standard InChI is InChI=1S/C12H15N3O3S2/c1-9-8-14-12(19-9)15-20(16,17)6-5-18-11-4-2-3-10(13)7-11/h2-4,7-8H,5-6,13H2,1H3,(H,14,15). The molecule has 0 atom stereocenters. The minimum absolute atomic E-state index is 0.0448. The monoisotopic (exact) mass is 313 g/mol. The lowest BCUT2D eigenvalue weighted by Crippen LogP contribution is -2.21. The molecule has 2 aromatic rings. The molecule has 1 aromatic heterocycles. The minimum atomic E-state index is -3.46. The van der Waals surface area contributed by atoms with Crippen molar-refractivity contribution in [3.8, 4) is 5.75 Å². The van der Waals surface area contributed by atoms with Crippen molar-refractivity contribution in [1.29, 1.82) is 0 Å². The fourth-order valence-electron chi connectivity index (χ4n) is 1.46. The highest BCUT2D eigenvalue weighted by Crippen LogP contribution is 2.18. The first-order valence-corrected chi connectivity index (χ1v) is 8.33. The third-order valence-corrected chi connectivity index (χ3v) is 4.51. The Kier molecular flexibility index (Phi) is 4.46. The third kappa shape index (κ3) is 4.39. The van der Waals surface area contributed by atoms with Crippen LogP contribution in [0.2, 0.25) is 0 Å². The highest BCUT2D eigenvalue weighted by atomic mass is 32.2. The molecule has 0 bridgehead atoms. The van der Waals surface area contributed by atoms with Gasteiger partial charge in [-0.3, -0.25) is 4.72 Å². The normalized spacial score (nSPS) is 11.2. The van der Waals surface area contributed by atoms with Gasteiger partial charge in [0.15, 0.2) is 5.13 Å². The van der Waals surface area contributed by atoms with E-state index in [1.807, 2.05) is 6.92 Å². The summed E-state index contributed by atoms with van der Waals surface area (Å²) in [7, 11) is -3.46. The third-order valence-electron chi connectivity index (χ3n) is 2.34. The number of rotatable bonds is 6. The maximum absolute atomic E-state index is 11.8. The molecule has 20 heavy (non-hydrogen) atoms. The van der Waals surface area contributed by atoms with Gasteiger partial charge in [-0.1, -0.05) is 6.07 Å². The number of hydrogen-bond donors (Lipinski definition) is 2. The second kappa shape index (κ2) is 6.10. The van der Waals surface area contributed by atoms with E-state index in [2.05, 4.69) is 9.71 Å². The molecule has 1 aromatic carbocycles. The number of thiazole rings is 1. The van der Waals surface area contributed by atoms with Gasteiger partial charge in [-0.05, 0) is 19.1 Å². The molecule has 0 spiro atoms. The first kappa shape index (κ1) is 14.6. The summed E-state index contributed by atoms with van der Waals surface area (Å²) in [5, 5.41) is 0.367. The van der Waals surface area contributed by atoms with E-state index in [0.717, 1.165) is 4.88 Å². The summed E-state index contributed by atoms with van der Waals surface area (Å²) in [6.45, 7) is 1.90. The number of anilines is 2. The Morgan fingerprint density at radius 2 is 2.25 bits per heavy atom. The van der Waals surface area contributed by atoms with Gasteiger partial charge in [-0.15, -0.1) is 11.3 Å². The highest BCUT2D eigenvalue weighted by molar-refractivity contribution is 7.92. The average molecular weight is 313 g/mol. The molecular formula is C12H15N3O3S2. The molecular weight excluding hydrogens is 298 g/mol. The van der Waals surface area contributed by atoms with E-state index in [0.29, 0.717) is 16.6 Å². The van der Waals surface area contributed by atoms with Crippen LogP contribution < -0.4 is 15.2 Å². The Morgan fingerprint density at radius 3 is 2.90 bits per heavy atom. The molecule has 1 heterocycles. The number of nitrogens with one attached hydrogen (secondary N) is 1. The number of aryl methyl sites for hydroxylation is 1. The van der Waals surface area contributed by atoms with Gasteiger partial charge in [0.05, 0.1) is 0 Å². The second-order valence-corrected chi connectivity index (χ2v) is 7.19. The summed E-state index contributed by atoms with van der Waals surface area (Å²) in [6, 6.07) is 6.84. The fraction of sp³-hybridized carbons (Fsp3) is 0.250. The minimum Gasteiger partial charge on any atom is -0.492 e. The zero-order valence-electron chi connectivity index (χ0n) is 10.9. The lowest BCUT2D eigenvalue weighted by Gasteiger charge is -2.08. The number of nitrogens with two attached hydrogens (primary N) is 1. The zero-order chi connectivity index (χ0) is 14.6. The second-order valence-electron chi connectivity index (χ2n) is 4.12. The van der Waals surface area contributed by atoms with Gasteiger partial charge < -0.3 is 10.5 Å². The molecule has 0 saturated carbocycles. The molecule has 8 heteroatoms. The number of nitrogens with zero attached hydrogens (tertiary/aromatic N) is 1. The summed E-state index contributed by atoms with van der Waals surface area (Å²) in [6.07, 6.45) is 1.62. The fourth-order valence-corrected chi connectivity index (χ4v) is 3.25. The van der Waals surface area contributed by atoms with Crippen molar-refractivity contribution in [2.24, 2.45) is 0 Å². The average Bonchev–Trinajstić information content (AvgIpc) is 2.73. The van der Waals surface area contributed by atoms with Crippen LogP contribution in [0.1, 0.15) is 4.88 Å². The van der Waals surface area contributed by atoms with Gasteiger partial charge in [0, 0.05) is 22.8 Å².